The lowest BCUT2D eigenvalue weighted by Crippen LogP contribution is -2.24. The maximum Gasteiger partial charge on any atom is 0.0737 e. The molecule has 0 saturated carbocycles. The van der Waals surface area contributed by atoms with Crippen molar-refractivity contribution < 1.29 is 0 Å². The van der Waals surface area contributed by atoms with Gasteiger partial charge in [-0.15, -0.1) is 0 Å². The molecule has 8 bridgehead atoms. The van der Waals surface area contributed by atoms with Crippen LogP contribution in [0.1, 0.15) is 72.2 Å². The van der Waals surface area contributed by atoms with Gasteiger partial charge in [0.2, 0.25) is 0 Å². The van der Waals surface area contributed by atoms with Crippen molar-refractivity contribution >= 4 is 46.4 Å². The number of aromatic amines is 2. The second-order valence-electron chi connectivity index (χ2n) is 15.5. The van der Waals surface area contributed by atoms with Crippen molar-refractivity contribution in [1.29, 1.82) is 0 Å². The molecule has 3 aliphatic rings. The Hall–Kier alpha value is -6.26. The number of aryl methyl sites for hydroxylation is 3. The zero-order valence-corrected chi connectivity index (χ0v) is 31.8. The van der Waals surface area contributed by atoms with Crippen molar-refractivity contribution in [2.24, 2.45) is 0 Å². The zero-order chi connectivity index (χ0) is 37.1. The van der Waals surface area contributed by atoms with Gasteiger partial charge in [-0.05, 0) is 117 Å². The molecule has 54 heavy (non-hydrogen) atoms. The van der Waals surface area contributed by atoms with Crippen LogP contribution in [-0.2, 0) is 5.41 Å². The molecule has 0 fully saturated rings. The first-order chi connectivity index (χ1) is 26.1. The van der Waals surface area contributed by atoms with Crippen LogP contribution >= 0.6 is 0 Å². The maximum absolute atomic E-state index is 5.53. The van der Waals surface area contributed by atoms with Crippen molar-refractivity contribution in [3.8, 4) is 33.4 Å². The number of H-pyrrole nitrogens is 2. The summed E-state index contributed by atoms with van der Waals surface area (Å²) in [6.45, 7) is 13.4. The first kappa shape index (κ1) is 33.6. The Kier molecular flexibility index (Phi) is 8.08. The Morgan fingerprint density at radius 1 is 0.519 bits per heavy atom. The van der Waals surface area contributed by atoms with Gasteiger partial charge in [-0.3, -0.25) is 0 Å². The van der Waals surface area contributed by atoms with Gasteiger partial charge < -0.3 is 9.97 Å². The lowest BCUT2D eigenvalue weighted by Gasteiger charge is -2.31. The second-order valence-corrected chi connectivity index (χ2v) is 15.5. The van der Waals surface area contributed by atoms with E-state index in [-0.39, 0.29) is 5.41 Å². The minimum Gasteiger partial charge on any atom is -0.355 e. The van der Waals surface area contributed by atoms with Gasteiger partial charge in [0.1, 0.15) is 0 Å². The average Bonchev–Trinajstić information content (AvgIpc) is 3.97. The van der Waals surface area contributed by atoms with Gasteiger partial charge in [0.25, 0.3) is 0 Å². The minimum atomic E-state index is -0.284. The van der Waals surface area contributed by atoms with E-state index < -0.39 is 0 Å². The summed E-state index contributed by atoms with van der Waals surface area (Å²) in [7, 11) is 0. The summed E-state index contributed by atoms with van der Waals surface area (Å²) in [5, 5.41) is 0. The van der Waals surface area contributed by atoms with Crippen LogP contribution in [-0.4, -0.2) is 19.9 Å². The van der Waals surface area contributed by atoms with Crippen LogP contribution in [0.5, 0.6) is 0 Å². The summed E-state index contributed by atoms with van der Waals surface area (Å²) in [5.41, 5.74) is 21.7. The molecular weight excluding hydrogens is 657 g/mol. The standard InChI is InChI=1S/C50H44N4/c1-30-26-33(4)45(34(5)27-30)48-41-19-17-37(51-41)46(35-13-9-7-10-14-35)39-21-23-43(53-39)49(50(6)28-31(2)25-32(3)29-50)44-24-22-40(54-44)47(36-15-11-8-12-16-36)38-18-20-42(48)52-38/h7-28,51,54H,29H2,1-6H3. The van der Waals surface area contributed by atoms with Gasteiger partial charge in [-0.1, -0.05) is 109 Å². The number of fused-ring (bicyclic) bond motifs is 8. The summed E-state index contributed by atoms with van der Waals surface area (Å²) in [4.78, 5) is 18.9. The second kappa shape index (κ2) is 13.0. The van der Waals surface area contributed by atoms with Crippen LogP contribution in [0.2, 0.25) is 0 Å². The lowest BCUT2D eigenvalue weighted by atomic mass is 9.72. The molecule has 1 atom stereocenters. The van der Waals surface area contributed by atoms with Gasteiger partial charge in [0.05, 0.1) is 22.8 Å². The Morgan fingerprint density at radius 3 is 1.54 bits per heavy atom. The van der Waals surface area contributed by atoms with E-state index in [4.69, 9.17) is 9.97 Å². The molecule has 1 aliphatic carbocycles. The van der Waals surface area contributed by atoms with E-state index in [9.17, 15) is 0 Å². The van der Waals surface area contributed by atoms with Crippen molar-refractivity contribution in [3.63, 3.8) is 0 Å². The highest BCUT2D eigenvalue weighted by atomic mass is 14.8. The summed E-state index contributed by atoms with van der Waals surface area (Å²) in [6.07, 6.45) is 14.4. The van der Waals surface area contributed by atoms with Crippen molar-refractivity contribution in [2.75, 3.05) is 0 Å². The van der Waals surface area contributed by atoms with Gasteiger partial charge in [0, 0.05) is 49.7 Å². The van der Waals surface area contributed by atoms with Crippen LogP contribution in [0.25, 0.3) is 79.8 Å². The molecule has 4 heteroatoms. The maximum atomic E-state index is 5.53. The predicted molar refractivity (Wildman–Crippen MR) is 229 cm³/mol. The van der Waals surface area contributed by atoms with E-state index in [1.54, 1.807) is 0 Å². The number of aromatic nitrogens is 4. The Morgan fingerprint density at radius 2 is 0.981 bits per heavy atom. The molecule has 0 amide bonds. The molecule has 9 rings (SSSR count). The van der Waals surface area contributed by atoms with Crippen molar-refractivity contribution in [1.82, 2.24) is 19.9 Å². The molecule has 3 aromatic carbocycles. The number of nitrogens with one attached hydrogen (secondary N) is 2. The third-order valence-electron chi connectivity index (χ3n) is 11.0. The Labute approximate surface area is 317 Å². The van der Waals surface area contributed by atoms with Crippen LogP contribution in [0.3, 0.4) is 0 Å². The fourth-order valence-corrected chi connectivity index (χ4v) is 9.24. The van der Waals surface area contributed by atoms with E-state index in [0.717, 1.165) is 79.1 Å². The van der Waals surface area contributed by atoms with Crippen LogP contribution in [0.15, 0.2) is 120 Å². The predicted octanol–water partition coefficient (Wildman–Crippen LogP) is 13.1. The molecule has 2 N–H and O–H groups in total. The van der Waals surface area contributed by atoms with Crippen molar-refractivity contribution in [2.45, 2.75) is 53.4 Å². The third-order valence-corrected chi connectivity index (χ3v) is 11.0. The molecule has 1 unspecified atom stereocenters. The quantitative estimate of drug-likeness (QED) is 0.192. The molecule has 6 aromatic rings. The van der Waals surface area contributed by atoms with Crippen LogP contribution < -0.4 is 0 Å². The van der Waals surface area contributed by atoms with E-state index >= 15 is 0 Å². The van der Waals surface area contributed by atoms with E-state index in [1.165, 1.54) is 39.0 Å². The SMILES string of the molecule is CC1=CC(C)(c2c3nc(c(-c4ccccc4)c4ccc([nH]4)c(-c4c(C)cc(C)cc4C)c4nc(c(-c5ccccc5)c5ccc2[nH]5)C=C4)C=C3)CC(C)=C1. The number of hydrogen-bond donors (Lipinski definition) is 2. The first-order valence-electron chi connectivity index (χ1n) is 18.9. The van der Waals surface area contributed by atoms with E-state index in [1.807, 2.05) is 0 Å². The number of rotatable bonds is 4. The fraction of sp³-hybridized carbons (Fsp3) is 0.160. The first-order valence-corrected chi connectivity index (χ1v) is 18.9. The summed E-state index contributed by atoms with van der Waals surface area (Å²) < 4.78 is 0. The number of nitrogens with zero attached hydrogens (tertiary/aromatic N) is 2. The van der Waals surface area contributed by atoms with Gasteiger partial charge in [-0.25, -0.2) is 9.97 Å². The summed E-state index contributed by atoms with van der Waals surface area (Å²) in [6, 6.07) is 34.7. The highest BCUT2D eigenvalue weighted by Gasteiger charge is 2.32. The van der Waals surface area contributed by atoms with Crippen LogP contribution in [0, 0.1) is 20.8 Å². The highest BCUT2D eigenvalue weighted by Crippen LogP contribution is 2.43. The van der Waals surface area contributed by atoms with Gasteiger partial charge in [-0.2, -0.15) is 0 Å². The van der Waals surface area contributed by atoms with Crippen LogP contribution in [0.4, 0.5) is 0 Å². The third kappa shape index (κ3) is 5.79. The molecule has 0 spiro atoms. The molecule has 4 nitrogen and oxygen atoms in total. The minimum absolute atomic E-state index is 0.284. The molecule has 0 saturated heterocycles. The lowest BCUT2D eigenvalue weighted by molar-refractivity contribution is 0.577. The Bertz CT molecular complexity index is 2730. The smallest absolute Gasteiger partial charge is 0.0737 e. The zero-order valence-electron chi connectivity index (χ0n) is 31.8. The number of allylic oxidation sites excluding steroid dienone is 4. The van der Waals surface area contributed by atoms with Gasteiger partial charge >= 0.3 is 0 Å². The largest absolute Gasteiger partial charge is 0.355 e. The molecule has 264 valence electrons. The molecule has 0 radical (unpaired) electrons. The van der Waals surface area contributed by atoms with E-state index in [2.05, 4.69) is 185 Å². The molecule has 2 aliphatic heterocycles. The molecule has 3 aromatic heterocycles. The normalized spacial score (nSPS) is 16.4. The summed E-state index contributed by atoms with van der Waals surface area (Å²) in [5.74, 6) is 0. The highest BCUT2D eigenvalue weighted by molar-refractivity contribution is 5.98. The topological polar surface area (TPSA) is 57.4 Å². The van der Waals surface area contributed by atoms with E-state index in [0.29, 0.717) is 0 Å². The summed E-state index contributed by atoms with van der Waals surface area (Å²) >= 11 is 0. The monoisotopic (exact) mass is 700 g/mol. The van der Waals surface area contributed by atoms with Crippen molar-refractivity contribution in [3.05, 3.63) is 165 Å². The number of hydrogen-bond acceptors (Lipinski definition) is 2. The van der Waals surface area contributed by atoms with Gasteiger partial charge in [0.15, 0.2) is 0 Å². The number of benzene rings is 3. The molecular formula is C50H44N4. The fourth-order valence-electron chi connectivity index (χ4n) is 9.24. The Balaban J connectivity index is 1.49. The molecule has 5 heterocycles. The average molecular weight is 701 g/mol.